The van der Waals surface area contributed by atoms with E-state index in [4.69, 9.17) is 4.74 Å². The lowest BCUT2D eigenvalue weighted by Gasteiger charge is -2.19. The first kappa shape index (κ1) is 17.9. The average molecular weight is 356 g/mol. The maximum absolute atomic E-state index is 13.8. The molecule has 1 aliphatic rings. The van der Waals surface area contributed by atoms with Crippen LogP contribution in [-0.2, 0) is 11.3 Å². The molecule has 136 valence electrons. The summed E-state index contributed by atoms with van der Waals surface area (Å²) < 4.78 is 18.7. The molecule has 1 aliphatic heterocycles. The Morgan fingerprint density at radius 1 is 1.23 bits per heavy atom. The number of carbonyl (C=O) groups excluding carboxylic acids is 2. The minimum atomic E-state index is -0.453. The summed E-state index contributed by atoms with van der Waals surface area (Å²) in [5.74, 6) is -0.330. The molecule has 0 radical (unpaired) electrons. The largest absolute Gasteiger partial charge is 0.494 e. The lowest BCUT2D eigenvalue weighted by atomic mass is 10.1. The van der Waals surface area contributed by atoms with E-state index in [2.05, 4.69) is 0 Å². The Hall–Kier alpha value is -2.89. The van der Waals surface area contributed by atoms with E-state index in [-0.39, 0.29) is 24.1 Å². The van der Waals surface area contributed by atoms with E-state index in [1.165, 1.54) is 18.1 Å². The van der Waals surface area contributed by atoms with Gasteiger partial charge in [0.25, 0.3) is 5.91 Å². The molecule has 0 bridgehead atoms. The van der Waals surface area contributed by atoms with Crippen LogP contribution in [0.5, 0.6) is 5.75 Å². The van der Waals surface area contributed by atoms with Gasteiger partial charge in [0.2, 0.25) is 5.91 Å². The third-order valence-corrected chi connectivity index (χ3v) is 4.48. The van der Waals surface area contributed by atoms with E-state index in [0.29, 0.717) is 17.5 Å². The molecule has 0 atom stereocenters. The molecule has 0 aromatic heterocycles. The summed E-state index contributed by atoms with van der Waals surface area (Å²) in [6.45, 7) is 1.00. The number of halogens is 1. The third kappa shape index (κ3) is 3.69. The molecule has 2 aromatic rings. The molecule has 3 rings (SSSR count). The fraction of sp³-hybridized carbons (Fsp3) is 0.300. The Kier molecular flexibility index (Phi) is 5.21. The topological polar surface area (TPSA) is 49.9 Å². The lowest BCUT2D eigenvalue weighted by Crippen LogP contribution is -2.27. The molecule has 1 fully saturated rings. The number of carbonyl (C=O) groups is 2. The molecule has 26 heavy (non-hydrogen) atoms. The van der Waals surface area contributed by atoms with Crippen molar-refractivity contribution < 1.29 is 18.7 Å². The zero-order valence-corrected chi connectivity index (χ0v) is 14.9. The standard InChI is InChI=1S/C20H21FN2O3/c1-22(13-14-5-10-18(26-2)17(21)12-14)20(25)15-6-8-16(9-7-15)23-11-3-4-19(23)24/h5-10,12H,3-4,11,13H2,1-2H3. The van der Waals surface area contributed by atoms with Crippen LogP contribution in [0.2, 0.25) is 0 Å². The Morgan fingerprint density at radius 3 is 2.54 bits per heavy atom. The number of hydrogen-bond acceptors (Lipinski definition) is 3. The van der Waals surface area contributed by atoms with Gasteiger partial charge in [0.05, 0.1) is 7.11 Å². The second-order valence-electron chi connectivity index (χ2n) is 6.33. The van der Waals surface area contributed by atoms with Crippen LogP contribution in [0.3, 0.4) is 0 Å². The predicted molar refractivity (Wildman–Crippen MR) is 96.8 cm³/mol. The molecule has 0 spiro atoms. The van der Waals surface area contributed by atoms with Gasteiger partial charge >= 0.3 is 0 Å². The van der Waals surface area contributed by atoms with E-state index in [1.54, 1.807) is 48.3 Å². The molecule has 5 nitrogen and oxygen atoms in total. The highest BCUT2D eigenvalue weighted by atomic mass is 19.1. The van der Waals surface area contributed by atoms with Crippen molar-refractivity contribution in [3.63, 3.8) is 0 Å². The average Bonchev–Trinajstić information content (AvgIpc) is 3.07. The van der Waals surface area contributed by atoms with Crippen molar-refractivity contribution in [2.45, 2.75) is 19.4 Å². The quantitative estimate of drug-likeness (QED) is 0.826. The van der Waals surface area contributed by atoms with Gasteiger partial charge in [-0.15, -0.1) is 0 Å². The lowest BCUT2D eigenvalue weighted by molar-refractivity contribution is -0.117. The molecule has 2 aromatic carbocycles. The molecule has 1 heterocycles. The van der Waals surface area contributed by atoms with Crippen molar-refractivity contribution in [1.29, 1.82) is 0 Å². The Morgan fingerprint density at radius 2 is 1.96 bits per heavy atom. The van der Waals surface area contributed by atoms with Gasteiger partial charge in [0.15, 0.2) is 11.6 Å². The van der Waals surface area contributed by atoms with Crippen molar-refractivity contribution in [1.82, 2.24) is 4.90 Å². The molecule has 0 saturated carbocycles. The van der Waals surface area contributed by atoms with E-state index in [9.17, 15) is 14.0 Å². The Labute approximate surface area is 152 Å². The van der Waals surface area contributed by atoms with Crippen LogP contribution in [0.15, 0.2) is 42.5 Å². The summed E-state index contributed by atoms with van der Waals surface area (Å²) in [7, 11) is 3.08. The van der Waals surface area contributed by atoms with Gasteiger partial charge in [-0.25, -0.2) is 4.39 Å². The minimum Gasteiger partial charge on any atom is -0.494 e. The third-order valence-electron chi connectivity index (χ3n) is 4.48. The first-order valence-corrected chi connectivity index (χ1v) is 8.48. The highest BCUT2D eigenvalue weighted by molar-refractivity contribution is 5.97. The highest BCUT2D eigenvalue weighted by Gasteiger charge is 2.22. The summed E-state index contributed by atoms with van der Waals surface area (Å²) in [6, 6.07) is 11.7. The summed E-state index contributed by atoms with van der Waals surface area (Å²) in [5, 5.41) is 0. The second kappa shape index (κ2) is 7.56. The molecule has 6 heteroatoms. The van der Waals surface area contributed by atoms with E-state index >= 15 is 0 Å². The first-order valence-electron chi connectivity index (χ1n) is 8.48. The molecular weight excluding hydrogens is 335 g/mol. The monoisotopic (exact) mass is 356 g/mol. The Balaban J connectivity index is 1.68. The summed E-state index contributed by atoms with van der Waals surface area (Å²) in [4.78, 5) is 27.6. The van der Waals surface area contributed by atoms with Gasteiger partial charge in [-0.2, -0.15) is 0 Å². The van der Waals surface area contributed by atoms with Crippen LogP contribution >= 0.6 is 0 Å². The van der Waals surface area contributed by atoms with Gasteiger partial charge in [0.1, 0.15) is 0 Å². The Bertz CT molecular complexity index is 820. The van der Waals surface area contributed by atoms with Crippen molar-refractivity contribution in [2.75, 3.05) is 25.6 Å². The van der Waals surface area contributed by atoms with Crippen molar-refractivity contribution in [3.05, 3.63) is 59.4 Å². The number of ether oxygens (including phenoxy) is 1. The summed E-state index contributed by atoms with van der Waals surface area (Å²) in [6.07, 6.45) is 1.43. The number of anilines is 1. The molecule has 0 unspecified atom stereocenters. The normalized spacial score (nSPS) is 13.8. The van der Waals surface area contributed by atoms with Crippen LogP contribution < -0.4 is 9.64 Å². The summed E-state index contributed by atoms with van der Waals surface area (Å²) >= 11 is 0. The number of benzene rings is 2. The molecule has 0 aliphatic carbocycles. The van der Waals surface area contributed by atoms with Gasteiger partial charge in [-0.3, -0.25) is 9.59 Å². The van der Waals surface area contributed by atoms with E-state index in [1.807, 2.05) is 0 Å². The van der Waals surface area contributed by atoms with Crippen molar-refractivity contribution >= 4 is 17.5 Å². The molecular formula is C20H21FN2O3. The van der Waals surface area contributed by atoms with Crippen LogP contribution in [0.4, 0.5) is 10.1 Å². The van der Waals surface area contributed by atoms with Crippen LogP contribution in [0.25, 0.3) is 0 Å². The molecule has 2 amide bonds. The SMILES string of the molecule is COc1ccc(CN(C)C(=O)c2ccc(N3CCCC3=O)cc2)cc1F. The fourth-order valence-corrected chi connectivity index (χ4v) is 3.08. The van der Waals surface area contributed by atoms with E-state index in [0.717, 1.165) is 18.7 Å². The predicted octanol–water partition coefficient (Wildman–Crippen LogP) is 3.23. The van der Waals surface area contributed by atoms with Crippen molar-refractivity contribution in [2.24, 2.45) is 0 Å². The maximum atomic E-state index is 13.8. The smallest absolute Gasteiger partial charge is 0.253 e. The number of rotatable bonds is 5. The zero-order chi connectivity index (χ0) is 18.7. The maximum Gasteiger partial charge on any atom is 0.253 e. The fourth-order valence-electron chi connectivity index (χ4n) is 3.08. The molecule has 0 N–H and O–H groups in total. The van der Waals surface area contributed by atoms with Gasteiger partial charge in [0, 0.05) is 37.8 Å². The number of methoxy groups -OCH3 is 1. The first-order chi connectivity index (χ1) is 12.5. The van der Waals surface area contributed by atoms with Gasteiger partial charge in [-0.1, -0.05) is 6.07 Å². The van der Waals surface area contributed by atoms with Crippen molar-refractivity contribution in [3.8, 4) is 5.75 Å². The molecule has 1 saturated heterocycles. The minimum absolute atomic E-state index is 0.114. The highest BCUT2D eigenvalue weighted by Crippen LogP contribution is 2.22. The van der Waals surface area contributed by atoms with Crippen LogP contribution in [0.1, 0.15) is 28.8 Å². The van der Waals surface area contributed by atoms with Crippen LogP contribution in [0, 0.1) is 5.82 Å². The second-order valence-corrected chi connectivity index (χ2v) is 6.33. The van der Waals surface area contributed by atoms with Gasteiger partial charge < -0.3 is 14.5 Å². The van der Waals surface area contributed by atoms with E-state index < -0.39 is 5.82 Å². The van der Waals surface area contributed by atoms with Crippen LogP contribution in [-0.4, -0.2) is 37.4 Å². The number of nitrogens with zero attached hydrogens (tertiary/aromatic N) is 2. The number of hydrogen-bond donors (Lipinski definition) is 0. The number of amides is 2. The summed E-state index contributed by atoms with van der Waals surface area (Å²) in [5.41, 5.74) is 2.01. The van der Waals surface area contributed by atoms with Gasteiger partial charge in [-0.05, 0) is 48.4 Å². The zero-order valence-electron chi connectivity index (χ0n) is 14.9.